The maximum Gasteiger partial charge on any atom is 0.506 e. The van der Waals surface area contributed by atoms with Gasteiger partial charge in [-0.1, -0.05) is 55.0 Å². The molecule has 0 saturated heterocycles. The zero-order valence-electron chi connectivity index (χ0n) is 11.2. The molecule has 1 N–H and O–H groups in total. The standard InChI is InChI=1S/C16H18O3/c1-12-14(11-13-7-4-3-5-8-13)9-6-10-16(12,2)19-15(17)18/h3-10,12H,11H2,1-2H3,(H,17,18). The van der Waals surface area contributed by atoms with Crippen LogP contribution < -0.4 is 0 Å². The smallest absolute Gasteiger partial charge is 0.450 e. The molecule has 2 unspecified atom stereocenters. The van der Waals surface area contributed by atoms with E-state index in [9.17, 15) is 4.79 Å². The lowest BCUT2D eigenvalue weighted by Crippen LogP contribution is -2.38. The van der Waals surface area contributed by atoms with Crippen molar-refractivity contribution in [2.75, 3.05) is 0 Å². The molecule has 1 aromatic rings. The predicted octanol–water partition coefficient (Wildman–Crippen LogP) is 3.81. The summed E-state index contributed by atoms with van der Waals surface area (Å²) in [6, 6.07) is 10.1. The highest BCUT2D eigenvalue weighted by molar-refractivity contribution is 5.58. The van der Waals surface area contributed by atoms with E-state index in [2.05, 4.69) is 12.1 Å². The van der Waals surface area contributed by atoms with Crippen LogP contribution >= 0.6 is 0 Å². The molecular weight excluding hydrogens is 240 g/mol. The lowest BCUT2D eigenvalue weighted by molar-refractivity contribution is -0.00191. The number of benzene rings is 1. The molecule has 2 rings (SSSR count). The summed E-state index contributed by atoms with van der Waals surface area (Å²) in [4.78, 5) is 10.8. The van der Waals surface area contributed by atoms with Gasteiger partial charge in [-0.3, -0.25) is 0 Å². The first kappa shape index (κ1) is 13.4. The van der Waals surface area contributed by atoms with Crippen LogP contribution in [-0.2, 0) is 11.2 Å². The molecule has 0 heterocycles. The van der Waals surface area contributed by atoms with Crippen LogP contribution in [0.15, 0.2) is 54.1 Å². The summed E-state index contributed by atoms with van der Waals surface area (Å²) in [5.41, 5.74) is 1.61. The van der Waals surface area contributed by atoms with E-state index in [-0.39, 0.29) is 5.92 Å². The monoisotopic (exact) mass is 258 g/mol. The molecule has 0 saturated carbocycles. The Morgan fingerprint density at radius 3 is 2.68 bits per heavy atom. The van der Waals surface area contributed by atoms with Gasteiger partial charge in [0.15, 0.2) is 0 Å². The number of ether oxygens (including phenoxy) is 1. The Morgan fingerprint density at radius 1 is 1.37 bits per heavy atom. The van der Waals surface area contributed by atoms with E-state index in [1.807, 2.05) is 37.3 Å². The van der Waals surface area contributed by atoms with Crippen LogP contribution in [0.4, 0.5) is 4.79 Å². The number of rotatable bonds is 3. The van der Waals surface area contributed by atoms with Gasteiger partial charge in [0.2, 0.25) is 0 Å². The number of hydrogen-bond acceptors (Lipinski definition) is 2. The van der Waals surface area contributed by atoms with Gasteiger partial charge in [0.25, 0.3) is 0 Å². The summed E-state index contributed by atoms with van der Waals surface area (Å²) < 4.78 is 5.05. The molecule has 0 bridgehead atoms. The van der Waals surface area contributed by atoms with Gasteiger partial charge in [-0.15, -0.1) is 0 Å². The summed E-state index contributed by atoms with van der Waals surface area (Å²) in [5, 5.41) is 8.85. The number of carboxylic acid groups (broad SMARTS) is 1. The molecule has 100 valence electrons. The van der Waals surface area contributed by atoms with Gasteiger partial charge in [0, 0.05) is 5.92 Å². The highest BCUT2D eigenvalue weighted by Crippen LogP contribution is 2.34. The van der Waals surface area contributed by atoms with Gasteiger partial charge >= 0.3 is 6.16 Å². The molecule has 1 aromatic carbocycles. The van der Waals surface area contributed by atoms with Crippen LogP contribution in [0.5, 0.6) is 0 Å². The molecule has 0 aromatic heterocycles. The Balaban J connectivity index is 2.17. The van der Waals surface area contributed by atoms with Crippen LogP contribution in [0.25, 0.3) is 0 Å². The molecule has 3 nitrogen and oxygen atoms in total. The summed E-state index contributed by atoms with van der Waals surface area (Å²) in [7, 11) is 0. The van der Waals surface area contributed by atoms with Crippen molar-refractivity contribution in [3.05, 3.63) is 59.7 Å². The zero-order valence-corrected chi connectivity index (χ0v) is 11.2. The Hall–Kier alpha value is -2.03. The summed E-state index contributed by atoms with van der Waals surface area (Å²) in [5.74, 6) is 0.0220. The maximum absolute atomic E-state index is 10.8. The number of hydrogen-bond donors (Lipinski definition) is 1. The van der Waals surface area contributed by atoms with Crippen LogP contribution in [0.1, 0.15) is 19.4 Å². The van der Waals surface area contributed by atoms with E-state index in [4.69, 9.17) is 9.84 Å². The Labute approximate surface area is 113 Å². The normalized spacial score (nSPS) is 25.8. The largest absolute Gasteiger partial charge is 0.506 e. The van der Waals surface area contributed by atoms with E-state index < -0.39 is 11.8 Å². The maximum atomic E-state index is 10.8. The van der Waals surface area contributed by atoms with Crippen molar-refractivity contribution < 1.29 is 14.6 Å². The third-order valence-corrected chi connectivity index (χ3v) is 3.71. The zero-order chi connectivity index (χ0) is 13.9. The Kier molecular flexibility index (Phi) is 3.74. The molecule has 0 aliphatic heterocycles. The fraction of sp³-hybridized carbons (Fsp3) is 0.312. The van der Waals surface area contributed by atoms with Gasteiger partial charge in [-0.2, -0.15) is 0 Å². The van der Waals surface area contributed by atoms with Crippen LogP contribution in [0, 0.1) is 5.92 Å². The van der Waals surface area contributed by atoms with Crippen molar-refractivity contribution in [1.29, 1.82) is 0 Å². The van der Waals surface area contributed by atoms with Crippen LogP contribution in [0.3, 0.4) is 0 Å². The Morgan fingerprint density at radius 2 is 2.05 bits per heavy atom. The second kappa shape index (κ2) is 5.31. The predicted molar refractivity (Wildman–Crippen MR) is 74.0 cm³/mol. The van der Waals surface area contributed by atoms with E-state index in [1.54, 1.807) is 13.0 Å². The minimum Gasteiger partial charge on any atom is -0.450 e. The quantitative estimate of drug-likeness (QED) is 0.838. The summed E-state index contributed by atoms with van der Waals surface area (Å²) in [6.45, 7) is 3.81. The lowest BCUT2D eigenvalue weighted by Gasteiger charge is -2.35. The van der Waals surface area contributed by atoms with E-state index in [0.29, 0.717) is 0 Å². The highest BCUT2D eigenvalue weighted by atomic mass is 16.7. The summed E-state index contributed by atoms with van der Waals surface area (Å²) in [6.07, 6.45) is 5.30. The minimum atomic E-state index is -1.24. The van der Waals surface area contributed by atoms with Gasteiger partial charge in [-0.25, -0.2) is 4.79 Å². The number of carbonyl (C=O) groups is 1. The second-order valence-electron chi connectivity index (χ2n) is 5.04. The topological polar surface area (TPSA) is 46.5 Å². The average Bonchev–Trinajstić information content (AvgIpc) is 2.36. The molecule has 1 aliphatic carbocycles. The van der Waals surface area contributed by atoms with Gasteiger partial charge in [0.1, 0.15) is 5.60 Å². The van der Waals surface area contributed by atoms with Crippen molar-refractivity contribution in [1.82, 2.24) is 0 Å². The van der Waals surface area contributed by atoms with E-state index in [1.165, 1.54) is 11.1 Å². The van der Waals surface area contributed by atoms with Crippen molar-refractivity contribution in [3.8, 4) is 0 Å². The summed E-state index contributed by atoms with van der Waals surface area (Å²) >= 11 is 0. The molecule has 0 fully saturated rings. The molecule has 0 spiro atoms. The fourth-order valence-electron chi connectivity index (χ4n) is 2.37. The molecule has 19 heavy (non-hydrogen) atoms. The minimum absolute atomic E-state index is 0.0220. The third-order valence-electron chi connectivity index (χ3n) is 3.71. The first-order valence-corrected chi connectivity index (χ1v) is 6.35. The highest BCUT2D eigenvalue weighted by Gasteiger charge is 2.36. The molecule has 0 radical (unpaired) electrons. The average molecular weight is 258 g/mol. The molecule has 3 heteroatoms. The molecule has 1 aliphatic rings. The van der Waals surface area contributed by atoms with Crippen molar-refractivity contribution in [3.63, 3.8) is 0 Å². The molecule has 2 atom stereocenters. The van der Waals surface area contributed by atoms with Crippen molar-refractivity contribution in [2.45, 2.75) is 25.9 Å². The second-order valence-corrected chi connectivity index (χ2v) is 5.04. The van der Waals surface area contributed by atoms with E-state index >= 15 is 0 Å². The SMILES string of the molecule is CC1C(Cc2ccccc2)=CC=CC1(C)OC(=O)O. The lowest BCUT2D eigenvalue weighted by atomic mass is 9.78. The van der Waals surface area contributed by atoms with E-state index in [0.717, 1.165) is 6.42 Å². The van der Waals surface area contributed by atoms with Gasteiger partial charge in [0.05, 0.1) is 0 Å². The Bertz CT molecular complexity index is 516. The first-order valence-electron chi connectivity index (χ1n) is 6.35. The fourth-order valence-corrected chi connectivity index (χ4v) is 2.37. The van der Waals surface area contributed by atoms with Crippen LogP contribution in [0.2, 0.25) is 0 Å². The van der Waals surface area contributed by atoms with Crippen LogP contribution in [-0.4, -0.2) is 16.9 Å². The first-order chi connectivity index (χ1) is 9.01. The molecular formula is C16H18O3. The number of allylic oxidation sites excluding steroid dienone is 2. The van der Waals surface area contributed by atoms with Crippen molar-refractivity contribution >= 4 is 6.16 Å². The van der Waals surface area contributed by atoms with Gasteiger partial charge in [-0.05, 0) is 25.0 Å². The molecule has 0 amide bonds. The van der Waals surface area contributed by atoms with Gasteiger partial charge < -0.3 is 9.84 Å². The van der Waals surface area contributed by atoms with Crippen molar-refractivity contribution in [2.24, 2.45) is 5.92 Å². The third kappa shape index (κ3) is 3.05.